The molecule has 0 aromatic heterocycles. The number of hydrogen-bond donors (Lipinski definition) is 0. The van der Waals surface area contributed by atoms with Crippen molar-refractivity contribution in [1.29, 1.82) is 0 Å². The molecule has 0 heterocycles. The molecule has 1 rings (SSSR count). The molecule has 0 aromatic rings. The molecule has 1 nitrogen and oxygen atoms in total. The summed E-state index contributed by atoms with van der Waals surface area (Å²) in [6.45, 7) is 6.47. The van der Waals surface area contributed by atoms with Crippen LogP contribution in [0.25, 0.3) is 0 Å². The lowest BCUT2D eigenvalue weighted by Crippen LogP contribution is -2.28. The molecule has 1 aliphatic carbocycles. The summed E-state index contributed by atoms with van der Waals surface area (Å²) in [4.78, 5) is 11.5. The fourth-order valence-corrected chi connectivity index (χ4v) is 2.24. The quantitative estimate of drug-likeness (QED) is 0.619. The van der Waals surface area contributed by atoms with Crippen molar-refractivity contribution < 1.29 is 4.79 Å². The number of ketones is 1. The highest BCUT2D eigenvalue weighted by Crippen LogP contribution is 2.34. The van der Waals surface area contributed by atoms with Gasteiger partial charge in [0.2, 0.25) is 0 Å². The fraction of sp³-hybridized carbons (Fsp3) is 0.909. The Morgan fingerprint density at radius 2 is 2.00 bits per heavy atom. The number of hydrogen-bond acceptors (Lipinski definition) is 1. The van der Waals surface area contributed by atoms with Crippen LogP contribution in [0.15, 0.2) is 0 Å². The maximum atomic E-state index is 11.5. The minimum Gasteiger partial charge on any atom is -0.299 e. The Bertz CT molecular complexity index is 162. The summed E-state index contributed by atoms with van der Waals surface area (Å²) < 4.78 is 0. The minimum absolute atomic E-state index is 0.374. The highest BCUT2D eigenvalue weighted by atomic mass is 16.1. The van der Waals surface area contributed by atoms with E-state index in [1.807, 2.05) is 6.92 Å². The topological polar surface area (TPSA) is 17.1 Å². The molecule has 0 N–H and O–H groups in total. The van der Waals surface area contributed by atoms with Crippen molar-refractivity contribution in [3.05, 3.63) is 0 Å². The summed E-state index contributed by atoms with van der Waals surface area (Å²) in [7, 11) is 0. The first-order valence-electron chi connectivity index (χ1n) is 5.17. The Morgan fingerprint density at radius 1 is 1.33 bits per heavy atom. The Kier molecular flexibility index (Phi) is 3.30. The van der Waals surface area contributed by atoms with E-state index in [-0.39, 0.29) is 0 Å². The van der Waals surface area contributed by atoms with Gasteiger partial charge in [0, 0.05) is 12.3 Å². The zero-order valence-electron chi connectivity index (χ0n) is 8.47. The van der Waals surface area contributed by atoms with E-state index in [2.05, 4.69) is 13.8 Å². The van der Waals surface area contributed by atoms with Crippen LogP contribution in [0.3, 0.4) is 0 Å². The van der Waals surface area contributed by atoms with E-state index in [9.17, 15) is 4.79 Å². The van der Waals surface area contributed by atoms with Gasteiger partial charge in [0.05, 0.1) is 0 Å². The largest absolute Gasteiger partial charge is 0.299 e. The molecule has 0 amide bonds. The highest BCUT2D eigenvalue weighted by Gasteiger charge is 2.29. The van der Waals surface area contributed by atoms with Crippen molar-refractivity contribution in [3.8, 4) is 0 Å². The van der Waals surface area contributed by atoms with Gasteiger partial charge in [-0.3, -0.25) is 4.79 Å². The van der Waals surface area contributed by atoms with Crippen LogP contribution in [0.2, 0.25) is 0 Å². The van der Waals surface area contributed by atoms with Gasteiger partial charge in [-0.25, -0.2) is 0 Å². The van der Waals surface area contributed by atoms with Gasteiger partial charge in [-0.2, -0.15) is 0 Å². The SMILES string of the molecule is CCC(=O)C1CC(C)CCC1C. The molecule has 70 valence electrons. The van der Waals surface area contributed by atoms with Crippen molar-refractivity contribution in [2.75, 3.05) is 0 Å². The van der Waals surface area contributed by atoms with Gasteiger partial charge in [0.25, 0.3) is 0 Å². The summed E-state index contributed by atoms with van der Waals surface area (Å²) >= 11 is 0. The first kappa shape index (κ1) is 9.76. The second-order valence-electron chi connectivity index (χ2n) is 4.32. The monoisotopic (exact) mass is 168 g/mol. The highest BCUT2D eigenvalue weighted by molar-refractivity contribution is 5.81. The van der Waals surface area contributed by atoms with E-state index in [1.165, 1.54) is 12.8 Å². The average molecular weight is 168 g/mol. The summed E-state index contributed by atoms with van der Waals surface area (Å²) in [5.41, 5.74) is 0. The van der Waals surface area contributed by atoms with Gasteiger partial charge in [0.1, 0.15) is 5.78 Å². The summed E-state index contributed by atoms with van der Waals surface area (Å²) in [5, 5.41) is 0. The smallest absolute Gasteiger partial charge is 0.135 e. The molecule has 0 bridgehead atoms. The molecule has 0 aliphatic heterocycles. The van der Waals surface area contributed by atoms with Crippen LogP contribution in [0.1, 0.15) is 46.5 Å². The van der Waals surface area contributed by atoms with Gasteiger partial charge in [-0.05, 0) is 24.7 Å². The Morgan fingerprint density at radius 3 is 2.58 bits per heavy atom. The number of Topliss-reactive ketones (excluding diaryl/α,β-unsaturated/α-hetero) is 1. The maximum Gasteiger partial charge on any atom is 0.135 e. The summed E-state index contributed by atoms with van der Waals surface area (Å²) in [5.74, 6) is 2.25. The standard InChI is InChI=1S/C11H20O/c1-4-11(12)10-7-8(2)5-6-9(10)3/h8-10H,4-7H2,1-3H3. The third kappa shape index (κ3) is 2.09. The lowest BCUT2D eigenvalue weighted by molar-refractivity contribution is -0.125. The van der Waals surface area contributed by atoms with E-state index >= 15 is 0 Å². The molecule has 0 saturated heterocycles. The Labute approximate surface area is 75.5 Å². The van der Waals surface area contributed by atoms with Crippen molar-refractivity contribution in [1.82, 2.24) is 0 Å². The molecular formula is C11H20O. The van der Waals surface area contributed by atoms with E-state index in [0.717, 1.165) is 18.8 Å². The predicted molar refractivity (Wildman–Crippen MR) is 51.0 cm³/mol. The van der Waals surface area contributed by atoms with Crippen LogP contribution < -0.4 is 0 Å². The fourth-order valence-electron chi connectivity index (χ4n) is 2.24. The van der Waals surface area contributed by atoms with Crippen LogP contribution in [0, 0.1) is 17.8 Å². The molecule has 0 spiro atoms. The van der Waals surface area contributed by atoms with Crippen LogP contribution in [-0.2, 0) is 4.79 Å². The van der Waals surface area contributed by atoms with E-state index < -0.39 is 0 Å². The second-order valence-corrected chi connectivity index (χ2v) is 4.32. The Balaban J connectivity index is 2.54. The third-order valence-electron chi connectivity index (χ3n) is 3.22. The van der Waals surface area contributed by atoms with E-state index in [1.54, 1.807) is 0 Å². The third-order valence-corrected chi connectivity index (χ3v) is 3.22. The van der Waals surface area contributed by atoms with Gasteiger partial charge >= 0.3 is 0 Å². The molecule has 0 aromatic carbocycles. The maximum absolute atomic E-state index is 11.5. The van der Waals surface area contributed by atoms with Crippen LogP contribution in [0.5, 0.6) is 0 Å². The average Bonchev–Trinajstić information content (AvgIpc) is 2.08. The molecule has 0 radical (unpaired) electrons. The van der Waals surface area contributed by atoms with E-state index in [4.69, 9.17) is 0 Å². The zero-order valence-corrected chi connectivity index (χ0v) is 8.47. The minimum atomic E-state index is 0.374. The number of rotatable bonds is 2. The molecule has 3 unspecified atom stereocenters. The normalized spacial score (nSPS) is 36.4. The molecule has 1 heteroatoms. The molecule has 1 saturated carbocycles. The van der Waals surface area contributed by atoms with Gasteiger partial charge in [0.15, 0.2) is 0 Å². The summed E-state index contributed by atoms with van der Waals surface area (Å²) in [6.07, 6.45) is 4.42. The van der Waals surface area contributed by atoms with Gasteiger partial charge in [-0.15, -0.1) is 0 Å². The lowest BCUT2D eigenvalue weighted by atomic mass is 9.73. The van der Waals surface area contributed by atoms with Crippen molar-refractivity contribution >= 4 is 5.78 Å². The van der Waals surface area contributed by atoms with Crippen LogP contribution >= 0.6 is 0 Å². The van der Waals surface area contributed by atoms with Crippen molar-refractivity contribution in [3.63, 3.8) is 0 Å². The molecule has 3 atom stereocenters. The Hall–Kier alpha value is -0.330. The van der Waals surface area contributed by atoms with Crippen molar-refractivity contribution in [2.24, 2.45) is 17.8 Å². The summed E-state index contributed by atoms with van der Waals surface area (Å²) in [6, 6.07) is 0. The molecule has 1 fully saturated rings. The molecule has 1 aliphatic rings. The number of carbonyl (C=O) groups is 1. The zero-order chi connectivity index (χ0) is 9.14. The predicted octanol–water partition coefficient (Wildman–Crippen LogP) is 3.04. The van der Waals surface area contributed by atoms with Crippen LogP contribution in [-0.4, -0.2) is 5.78 Å². The van der Waals surface area contributed by atoms with Crippen molar-refractivity contribution in [2.45, 2.75) is 46.5 Å². The molecule has 12 heavy (non-hydrogen) atoms. The first-order chi connectivity index (χ1) is 5.65. The van der Waals surface area contributed by atoms with E-state index in [0.29, 0.717) is 17.6 Å². The van der Waals surface area contributed by atoms with Crippen LogP contribution in [0.4, 0.5) is 0 Å². The van der Waals surface area contributed by atoms with Gasteiger partial charge < -0.3 is 0 Å². The second kappa shape index (κ2) is 4.06. The lowest BCUT2D eigenvalue weighted by Gasteiger charge is -2.31. The van der Waals surface area contributed by atoms with Gasteiger partial charge in [-0.1, -0.05) is 27.2 Å². The molecular weight excluding hydrogens is 148 g/mol. The first-order valence-corrected chi connectivity index (χ1v) is 5.17. The number of carbonyl (C=O) groups excluding carboxylic acids is 1.